The zero-order chi connectivity index (χ0) is 11.8. The van der Waals surface area contributed by atoms with Crippen molar-refractivity contribution in [2.45, 2.75) is 64.6 Å². The lowest BCUT2D eigenvalue weighted by atomic mass is 10.1. The van der Waals surface area contributed by atoms with Crippen molar-refractivity contribution >= 4 is 0 Å². The van der Waals surface area contributed by atoms with E-state index in [1.807, 2.05) is 0 Å². The molecule has 17 heavy (non-hydrogen) atoms. The van der Waals surface area contributed by atoms with E-state index in [2.05, 4.69) is 33.9 Å². The first-order chi connectivity index (χ1) is 8.24. The molecule has 0 aromatic carbocycles. The fraction of sp³-hybridized carbons (Fsp3) is 0.846. The number of aromatic nitrogens is 3. The SMILES string of the molecule is CC(CC1CC1)NC(C)c1nnc2n1CCC2. The monoisotopic (exact) mass is 234 g/mol. The van der Waals surface area contributed by atoms with Crippen LogP contribution in [-0.4, -0.2) is 20.8 Å². The van der Waals surface area contributed by atoms with Gasteiger partial charge in [0.15, 0.2) is 0 Å². The van der Waals surface area contributed by atoms with Gasteiger partial charge in [-0.3, -0.25) is 0 Å². The Balaban J connectivity index is 1.62. The minimum atomic E-state index is 0.322. The second kappa shape index (κ2) is 4.41. The van der Waals surface area contributed by atoms with Gasteiger partial charge in [-0.15, -0.1) is 10.2 Å². The Morgan fingerprint density at radius 1 is 1.35 bits per heavy atom. The highest BCUT2D eigenvalue weighted by molar-refractivity contribution is 5.04. The van der Waals surface area contributed by atoms with E-state index in [-0.39, 0.29) is 0 Å². The van der Waals surface area contributed by atoms with E-state index >= 15 is 0 Å². The average molecular weight is 234 g/mol. The van der Waals surface area contributed by atoms with Crippen LogP contribution in [0.5, 0.6) is 0 Å². The van der Waals surface area contributed by atoms with Gasteiger partial charge in [0.1, 0.15) is 11.6 Å². The fourth-order valence-electron chi connectivity index (χ4n) is 2.92. The van der Waals surface area contributed by atoms with E-state index in [1.165, 1.54) is 31.5 Å². The number of hydrogen-bond acceptors (Lipinski definition) is 3. The highest BCUT2D eigenvalue weighted by Gasteiger charge is 2.26. The average Bonchev–Trinajstić information content (AvgIpc) is 2.82. The van der Waals surface area contributed by atoms with Crippen molar-refractivity contribution < 1.29 is 0 Å². The second-order valence-corrected chi connectivity index (χ2v) is 5.70. The Morgan fingerprint density at radius 2 is 2.18 bits per heavy atom. The maximum absolute atomic E-state index is 4.34. The third-order valence-corrected chi connectivity index (χ3v) is 3.94. The quantitative estimate of drug-likeness (QED) is 0.848. The van der Waals surface area contributed by atoms with Crippen LogP contribution in [0.1, 0.15) is 57.2 Å². The lowest BCUT2D eigenvalue weighted by molar-refractivity contribution is 0.417. The van der Waals surface area contributed by atoms with Gasteiger partial charge in [0.2, 0.25) is 0 Å². The van der Waals surface area contributed by atoms with Crippen LogP contribution >= 0.6 is 0 Å². The highest BCUT2D eigenvalue weighted by atomic mass is 15.3. The van der Waals surface area contributed by atoms with Gasteiger partial charge in [-0.05, 0) is 32.6 Å². The summed E-state index contributed by atoms with van der Waals surface area (Å²) in [6.07, 6.45) is 6.49. The molecule has 1 aliphatic heterocycles. The molecule has 3 rings (SSSR count). The van der Waals surface area contributed by atoms with E-state index in [0.717, 1.165) is 24.7 Å². The molecule has 0 saturated heterocycles. The Hall–Kier alpha value is -0.900. The summed E-state index contributed by atoms with van der Waals surface area (Å²) >= 11 is 0. The first-order valence-electron chi connectivity index (χ1n) is 6.92. The van der Waals surface area contributed by atoms with Crippen LogP contribution < -0.4 is 5.32 Å². The third kappa shape index (κ3) is 2.37. The number of rotatable bonds is 5. The molecule has 1 aliphatic carbocycles. The molecule has 2 heterocycles. The number of hydrogen-bond donors (Lipinski definition) is 1. The molecule has 2 atom stereocenters. The van der Waals surface area contributed by atoms with E-state index in [0.29, 0.717) is 12.1 Å². The molecular formula is C13H22N4. The summed E-state index contributed by atoms with van der Waals surface area (Å²) in [5.74, 6) is 3.28. The summed E-state index contributed by atoms with van der Waals surface area (Å²) in [5, 5.41) is 12.3. The second-order valence-electron chi connectivity index (χ2n) is 5.70. The Labute approximate surface area is 103 Å². The van der Waals surface area contributed by atoms with Crippen molar-refractivity contribution in [3.8, 4) is 0 Å². The lowest BCUT2D eigenvalue weighted by Gasteiger charge is -2.19. The summed E-state index contributed by atoms with van der Waals surface area (Å²) in [4.78, 5) is 0. The zero-order valence-corrected chi connectivity index (χ0v) is 10.8. The van der Waals surface area contributed by atoms with Gasteiger partial charge in [0, 0.05) is 19.0 Å². The van der Waals surface area contributed by atoms with Gasteiger partial charge in [0.05, 0.1) is 6.04 Å². The molecule has 1 aromatic rings. The van der Waals surface area contributed by atoms with E-state index in [4.69, 9.17) is 0 Å². The predicted octanol–water partition coefficient (Wildman–Crippen LogP) is 2.06. The van der Waals surface area contributed by atoms with Crippen molar-refractivity contribution in [1.29, 1.82) is 0 Å². The standard InChI is InChI=1S/C13H22N4/c1-9(8-11-5-6-11)14-10(2)13-16-15-12-4-3-7-17(12)13/h9-11,14H,3-8H2,1-2H3. The van der Waals surface area contributed by atoms with E-state index in [9.17, 15) is 0 Å². The normalized spacial score (nSPS) is 22.5. The largest absolute Gasteiger partial charge is 0.314 e. The van der Waals surface area contributed by atoms with Crippen LogP contribution in [0.15, 0.2) is 0 Å². The van der Waals surface area contributed by atoms with Gasteiger partial charge in [-0.1, -0.05) is 12.8 Å². The summed E-state index contributed by atoms with van der Waals surface area (Å²) in [6, 6.07) is 0.912. The van der Waals surface area contributed by atoms with Crippen LogP contribution in [0.25, 0.3) is 0 Å². The predicted molar refractivity (Wildman–Crippen MR) is 66.7 cm³/mol. The molecule has 4 nitrogen and oxygen atoms in total. The van der Waals surface area contributed by atoms with Gasteiger partial charge < -0.3 is 9.88 Å². The van der Waals surface area contributed by atoms with Gasteiger partial charge in [0.25, 0.3) is 0 Å². The Morgan fingerprint density at radius 3 is 2.94 bits per heavy atom. The van der Waals surface area contributed by atoms with E-state index < -0.39 is 0 Å². The first kappa shape index (κ1) is 11.2. The van der Waals surface area contributed by atoms with Gasteiger partial charge in [-0.25, -0.2) is 0 Å². The molecular weight excluding hydrogens is 212 g/mol. The molecule has 0 spiro atoms. The number of nitrogens with one attached hydrogen (secondary N) is 1. The molecule has 94 valence electrons. The lowest BCUT2D eigenvalue weighted by Crippen LogP contribution is -2.31. The highest BCUT2D eigenvalue weighted by Crippen LogP contribution is 2.33. The molecule has 1 fully saturated rings. The maximum atomic E-state index is 4.34. The smallest absolute Gasteiger partial charge is 0.149 e. The van der Waals surface area contributed by atoms with Crippen molar-refractivity contribution in [3.63, 3.8) is 0 Å². The summed E-state index contributed by atoms with van der Waals surface area (Å²) < 4.78 is 2.29. The molecule has 4 heteroatoms. The maximum Gasteiger partial charge on any atom is 0.149 e. The minimum Gasteiger partial charge on any atom is -0.314 e. The molecule has 0 radical (unpaired) electrons. The minimum absolute atomic E-state index is 0.322. The molecule has 1 N–H and O–H groups in total. The van der Waals surface area contributed by atoms with Crippen LogP contribution in [0.2, 0.25) is 0 Å². The van der Waals surface area contributed by atoms with E-state index in [1.54, 1.807) is 0 Å². The van der Waals surface area contributed by atoms with Gasteiger partial charge >= 0.3 is 0 Å². The summed E-state index contributed by atoms with van der Waals surface area (Å²) in [7, 11) is 0. The van der Waals surface area contributed by atoms with Crippen LogP contribution in [0.4, 0.5) is 0 Å². The van der Waals surface area contributed by atoms with Crippen LogP contribution in [0, 0.1) is 5.92 Å². The number of nitrogens with zero attached hydrogens (tertiary/aromatic N) is 3. The molecule has 1 aromatic heterocycles. The summed E-state index contributed by atoms with van der Waals surface area (Å²) in [6.45, 7) is 5.59. The molecule has 2 unspecified atom stereocenters. The number of aryl methyl sites for hydroxylation is 1. The topological polar surface area (TPSA) is 42.7 Å². The third-order valence-electron chi connectivity index (χ3n) is 3.94. The van der Waals surface area contributed by atoms with Crippen molar-refractivity contribution in [1.82, 2.24) is 20.1 Å². The Kier molecular flexibility index (Phi) is 2.90. The van der Waals surface area contributed by atoms with Gasteiger partial charge in [-0.2, -0.15) is 0 Å². The zero-order valence-electron chi connectivity index (χ0n) is 10.8. The first-order valence-corrected chi connectivity index (χ1v) is 6.92. The van der Waals surface area contributed by atoms with Crippen molar-refractivity contribution in [2.75, 3.05) is 0 Å². The molecule has 0 bridgehead atoms. The Bertz CT molecular complexity index is 394. The molecule has 0 amide bonds. The number of fused-ring (bicyclic) bond motifs is 1. The molecule has 2 aliphatic rings. The molecule has 1 saturated carbocycles. The van der Waals surface area contributed by atoms with Crippen molar-refractivity contribution in [2.24, 2.45) is 5.92 Å². The van der Waals surface area contributed by atoms with Crippen molar-refractivity contribution in [3.05, 3.63) is 11.6 Å². The van der Waals surface area contributed by atoms with Crippen LogP contribution in [0.3, 0.4) is 0 Å². The summed E-state index contributed by atoms with van der Waals surface area (Å²) in [5.41, 5.74) is 0. The fourth-order valence-corrected chi connectivity index (χ4v) is 2.92. The van der Waals surface area contributed by atoms with Crippen LogP contribution in [-0.2, 0) is 13.0 Å².